The maximum atomic E-state index is 11.3. The van der Waals surface area contributed by atoms with E-state index < -0.39 is 9.84 Å². The highest BCUT2D eigenvalue weighted by atomic mass is 32.2. The third-order valence-corrected chi connectivity index (χ3v) is 5.18. The van der Waals surface area contributed by atoms with Crippen molar-refractivity contribution in [1.29, 1.82) is 0 Å². The van der Waals surface area contributed by atoms with Gasteiger partial charge in [-0.2, -0.15) is 0 Å². The van der Waals surface area contributed by atoms with E-state index in [2.05, 4.69) is 33.0 Å². The van der Waals surface area contributed by atoms with Gasteiger partial charge in [0.25, 0.3) is 0 Å². The molecule has 0 spiro atoms. The first-order valence-corrected chi connectivity index (χ1v) is 7.47. The minimum absolute atomic E-state index is 0.234. The summed E-state index contributed by atoms with van der Waals surface area (Å²) in [6.45, 7) is 9.56. The first-order chi connectivity index (χ1) is 6.71. The zero-order chi connectivity index (χ0) is 11.7. The lowest BCUT2D eigenvalue weighted by atomic mass is 9.88. The Morgan fingerprint density at radius 3 is 2.40 bits per heavy atom. The standard InChI is InChI=1S/C11H23NO2S/c1-9(11(2,3)4)12-7-10-5-6-15(13,14)8-10/h9-10,12H,5-8H2,1-4H3. The maximum absolute atomic E-state index is 11.3. The normalized spacial score (nSPS) is 27.9. The monoisotopic (exact) mass is 233 g/mol. The fourth-order valence-electron chi connectivity index (χ4n) is 1.68. The molecule has 0 aromatic heterocycles. The van der Waals surface area contributed by atoms with Crippen molar-refractivity contribution in [3.63, 3.8) is 0 Å². The molecule has 1 heterocycles. The van der Waals surface area contributed by atoms with Crippen LogP contribution in [0, 0.1) is 11.3 Å². The van der Waals surface area contributed by atoms with E-state index in [4.69, 9.17) is 0 Å². The van der Waals surface area contributed by atoms with Gasteiger partial charge in [-0.05, 0) is 31.2 Å². The molecule has 4 heteroatoms. The topological polar surface area (TPSA) is 46.2 Å². The maximum Gasteiger partial charge on any atom is 0.150 e. The fourth-order valence-corrected chi connectivity index (χ4v) is 3.54. The molecule has 0 aromatic carbocycles. The van der Waals surface area contributed by atoms with E-state index in [1.54, 1.807) is 0 Å². The highest BCUT2D eigenvalue weighted by Gasteiger charge is 2.28. The second kappa shape index (κ2) is 4.42. The van der Waals surface area contributed by atoms with Gasteiger partial charge in [0.2, 0.25) is 0 Å². The van der Waals surface area contributed by atoms with Crippen LogP contribution in [0.15, 0.2) is 0 Å². The molecule has 2 unspecified atom stereocenters. The quantitative estimate of drug-likeness (QED) is 0.802. The van der Waals surface area contributed by atoms with Gasteiger partial charge in [0.05, 0.1) is 11.5 Å². The van der Waals surface area contributed by atoms with Crippen molar-refractivity contribution < 1.29 is 8.42 Å². The number of hydrogen-bond donors (Lipinski definition) is 1. The highest BCUT2D eigenvalue weighted by Crippen LogP contribution is 2.21. The Labute approximate surface area is 93.6 Å². The van der Waals surface area contributed by atoms with E-state index in [1.807, 2.05) is 0 Å². The molecule has 15 heavy (non-hydrogen) atoms. The lowest BCUT2D eigenvalue weighted by molar-refractivity contribution is 0.276. The lowest BCUT2D eigenvalue weighted by Gasteiger charge is -2.29. The van der Waals surface area contributed by atoms with E-state index in [1.165, 1.54) is 0 Å². The van der Waals surface area contributed by atoms with Gasteiger partial charge in [-0.15, -0.1) is 0 Å². The van der Waals surface area contributed by atoms with Crippen molar-refractivity contribution in [2.24, 2.45) is 11.3 Å². The molecule has 1 rings (SSSR count). The molecule has 1 fully saturated rings. The minimum atomic E-state index is -2.72. The Morgan fingerprint density at radius 1 is 1.40 bits per heavy atom. The summed E-state index contributed by atoms with van der Waals surface area (Å²) in [5.41, 5.74) is 0.234. The van der Waals surface area contributed by atoms with E-state index in [0.717, 1.165) is 13.0 Å². The first kappa shape index (κ1) is 13.0. The van der Waals surface area contributed by atoms with Gasteiger partial charge in [-0.3, -0.25) is 0 Å². The Hall–Kier alpha value is -0.0900. The second-order valence-electron chi connectivity index (χ2n) is 5.77. The molecule has 0 aliphatic carbocycles. The zero-order valence-electron chi connectivity index (χ0n) is 10.2. The summed E-state index contributed by atoms with van der Waals surface area (Å²) in [4.78, 5) is 0. The van der Waals surface area contributed by atoms with Crippen molar-refractivity contribution >= 4 is 9.84 Å². The summed E-state index contributed by atoms with van der Waals surface area (Å²) in [7, 11) is -2.72. The predicted octanol–water partition coefficient (Wildman–Crippen LogP) is 1.45. The van der Waals surface area contributed by atoms with Gasteiger partial charge >= 0.3 is 0 Å². The van der Waals surface area contributed by atoms with Crippen LogP contribution in [0.2, 0.25) is 0 Å². The Bertz CT molecular complexity index is 303. The third kappa shape index (κ3) is 4.11. The van der Waals surface area contributed by atoms with Crippen LogP contribution in [0.5, 0.6) is 0 Å². The second-order valence-corrected chi connectivity index (χ2v) is 7.99. The zero-order valence-corrected chi connectivity index (χ0v) is 11.0. The molecule has 2 atom stereocenters. The largest absolute Gasteiger partial charge is 0.313 e. The molecule has 0 saturated carbocycles. The van der Waals surface area contributed by atoms with E-state index in [9.17, 15) is 8.42 Å². The molecule has 0 amide bonds. The van der Waals surface area contributed by atoms with Crippen LogP contribution in [0.4, 0.5) is 0 Å². The molecule has 0 bridgehead atoms. The Kier molecular flexibility index (Phi) is 3.82. The SMILES string of the molecule is CC(NCC1CCS(=O)(=O)C1)C(C)(C)C. The Balaban J connectivity index is 2.34. The third-order valence-electron chi connectivity index (χ3n) is 3.34. The van der Waals surface area contributed by atoms with Crippen LogP contribution >= 0.6 is 0 Å². The molecule has 1 aliphatic rings. The smallest absolute Gasteiger partial charge is 0.150 e. The van der Waals surface area contributed by atoms with Crippen LogP contribution in [-0.2, 0) is 9.84 Å². The molecule has 1 aliphatic heterocycles. The van der Waals surface area contributed by atoms with Gasteiger partial charge in [0.15, 0.2) is 9.84 Å². The van der Waals surface area contributed by atoms with Crippen LogP contribution in [0.25, 0.3) is 0 Å². The van der Waals surface area contributed by atoms with Crippen LogP contribution in [0.3, 0.4) is 0 Å². The number of nitrogens with one attached hydrogen (secondary N) is 1. The van der Waals surface area contributed by atoms with Crippen molar-refractivity contribution in [1.82, 2.24) is 5.32 Å². The van der Waals surface area contributed by atoms with Crippen LogP contribution in [0.1, 0.15) is 34.1 Å². The van der Waals surface area contributed by atoms with Crippen LogP contribution in [-0.4, -0.2) is 32.5 Å². The van der Waals surface area contributed by atoms with Gasteiger partial charge in [0.1, 0.15) is 0 Å². The molecule has 0 aromatic rings. The summed E-state index contributed by atoms with van der Waals surface area (Å²) in [5.74, 6) is 1.07. The summed E-state index contributed by atoms with van der Waals surface area (Å²) in [5, 5.41) is 3.44. The van der Waals surface area contributed by atoms with E-state index in [0.29, 0.717) is 23.5 Å². The van der Waals surface area contributed by atoms with Gasteiger partial charge in [0, 0.05) is 6.04 Å². The number of hydrogen-bond acceptors (Lipinski definition) is 3. The Morgan fingerprint density at radius 2 is 2.00 bits per heavy atom. The average Bonchev–Trinajstić information content (AvgIpc) is 2.39. The van der Waals surface area contributed by atoms with Gasteiger partial charge in [-0.1, -0.05) is 20.8 Å². The summed E-state index contributed by atoms with van der Waals surface area (Å²) < 4.78 is 22.5. The van der Waals surface area contributed by atoms with Crippen LogP contribution < -0.4 is 5.32 Å². The van der Waals surface area contributed by atoms with Crippen molar-refractivity contribution in [3.8, 4) is 0 Å². The predicted molar refractivity (Wildman–Crippen MR) is 63.7 cm³/mol. The lowest BCUT2D eigenvalue weighted by Crippen LogP contribution is -2.40. The van der Waals surface area contributed by atoms with Crippen molar-refractivity contribution in [3.05, 3.63) is 0 Å². The van der Waals surface area contributed by atoms with E-state index in [-0.39, 0.29) is 5.41 Å². The molecule has 1 N–H and O–H groups in total. The molecule has 3 nitrogen and oxygen atoms in total. The molecule has 1 saturated heterocycles. The average molecular weight is 233 g/mol. The summed E-state index contributed by atoms with van der Waals surface area (Å²) in [6, 6.07) is 0.417. The molecular weight excluding hydrogens is 210 g/mol. The highest BCUT2D eigenvalue weighted by molar-refractivity contribution is 7.91. The molecular formula is C11H23NO2S. The van der Waals surface area contributed by atoms with Crippen molar-refractivity contribution in [2.45, 2.75) is 40.2 Å². The number of rotatable bonds is 3. The summed E-state index contributed by atoms with van der Waals surface area (Å²) >= 11 is 0. The van der Waals surface area contributed by atoms with Gasteiger partial charge < -0.3 is 5.32 Å². The summed E-state index contributed by atoms with van der Waals surface area (Å²) in [6.07, 6.45) is 0.826. The molecule has 90 valence electrons. The van der Waals surface area contributed by atoms with Gasteiger partial charge in [-0.25, -0.2) is 8.42 Å². The first-order valence-electron chi connectivity index (χ1n) is 5.64. The number of sulfone groups is 1. The van der Waals surface area contributed by atoms with E-state index >= 15 is 0 Å². The van der Waals surface area contributed by atoms with Crippen molar-refractivity contribution in [2.75, 3.05) is 18.1 Å². The minimum Gasteiger partial charge on any atom is -0.313 e. The molecule has 0 radical (unpaired) electrons. The fraction of sp³-hybridized carbons (Fsp3) is 1.00.